The minimum atomic E-state index is -1.43. The molecule has 1 heterocycles. The fraction of sp³-hybridized carbons (Fsp3) is 0. The van der Waals surface area contributed by atoms with Crippen LogP contribution in [0.25, 0.3) is 0 Å². The molecule has 0 atom stereocenters. The van der Waals surface area contributed by atoms with Crippen molar-refractivity contribution in [1.82, 2.24) is 4.98 Å². The van der Waals surface area contributed by atoms with E-state index in [2.05, 4.69) is 4.98 Å². The second-order valence-electron chi connectivity index (χ2n) is 10.1. The molecule has 0 fully saturated rings. The van der Waals surface area contributed by atoms with Crippen LogP contribution in [0.5, 0.6) is 74.7 Å². The van der Waals surface area contributed by atoms with Gasteiger partial charge in [-0.05, 0) is 60.7 Å². The van der Waals surface area contributed by atoms with Gasteiger partial charge in [0.1, 0.15) is 5.75 Å². The second-order valence-corrected chi connectivity index (χ2v) is 10.1. The standard InChI is InChI=1S/C33H21NO17.ClH/c35-18-4-13(5-19(36)26(18)40)31(45)49-24-10-15(7-21(38)28(24)42)33(47)51-25-11-16(8-22(39)29(25)43)32(46)50-23-9-14(6-20(37)27(23)41)30(44)48-17-2-1-3-34-12-17;/h1-12,35-43H;1H. The van der Waals surface area contributed by atoms with Crippen LogP contribution in [0.15, 0.2) is 73.1 Å². The monoisotopic (exact) mass is 739 g/mol. The molecule has 1 aromatic heterocycles. The number of carbonyl (C=O) groups excluding carboxylic acids is 4. The molecule has 5 aromatic rings. The van der Waals surface area contributed by atoms with E-state index in [1.807, 2.05) is 0 Å². The maximum absolute atomic E-state index is 13.0. The Hall–Kier alpha value is -7.60. The Morgan fingerprint density at radius 1 is 0.442 bits per heavy atom. The SMILES string of the molecule is Cl.O=C(Oc1cccnc1)c1cc(O)c(O)c(OC(=O)c2cc(O)c(O)c(OC(=O)c3cc(O)c(O)c(OC(=O)c4cc(O)c(O)c(O)c4)c3)c2)c1. The molecule has 0 radical (unpaired) electrons. The van der Waals surface area contributed by atoms with Crippen molar-refractivity contribution in [2.24, 2.45) is 0 Å². The number of halogens is 1. The Morgan fingerprint density at radius 2 is 0.750 bits per heavy atom. The van der Waals surface area contributed by atoms with E-state index in [4.69, 9.17) is 18.9 Å². The molecule has 9 N–H and O–H groups in total. The first-order valence-corrected chi connectivity index (χ1v) is 13.8. The molecule has 0 amide bonds. The lowest BCUT2D eigenvalue weighted by atomic mass is 10.1. The van der Waals surface area contributed by atoms with Gasteiger partial charge in [-0.3, -0.25) is 4.98 Å². The molecule has 0 spiro atoms. The normalized spacial score (nSPS) is 10.4. The van der Waals surface area contributed by atoms with Gasteiger partial charge < -0.3 is 64.9 Å². The topological polar surface area (TPSA) is 300 Å². The number of phenolic OH excluding ortho intramolecular Hbond substituents is 9. The van der Waals surface area contributed by atoms with E-state index >= 15 is 0 Å². The van der Waals surface area contributed by atoms with Crippen molar-refractivity contribution in [3.05, 3.63) is 95.3 Å². The lowest BCUT2D eigenvalue weighted by Crippen LogP contribution is -2.13. The summed E-state index contributed by atoms with van der Waals surface area (Å²) in [5, 5.41) is 90.0. The third kappa shape index (κ3) is 7.82. The summed E-state index contributed by atoms with van der Waals surface area (Å²) >= 11 is 0. The van der Waals surface area contributed by atoms with Crippen LogP contribution in [-0.2, 0) is 0 Å². The molecule has 19 heteroatoms. The first kappa shape index (κ1) is 37.2. The van der Waals surface area contributed by atoms with Crippen LogP contribution in [0.3, 0.4) is 0 Å². The van der Waals surface area contributed by atoms with Gasteiger partial charge in [0, 0.05) is 6.20 Å². The van der Waals surface area contributed by atoms with E-state index in [0.29, 0.717) is 36.4 Å². The van der Waals surface area contributed by atoms with E-state index in [1.165, 1.54) is 24.5 Å². The number of ether oxygens (including phenoxy) is 4. The molecule has 0 aliphatic heterocycles. The molecule has 0 bridgehead atoms. The summed E-state index contributed by atoms with van der Waals surface area (Å²) < 4.78 is 20.2. The number of hydrogen-bond donors (Lipinski definition) is 9. The summed E-state index contributed by atoms with van der Waals surface area (Å²) in [7, 11) is 0. The van der Waals surface area contributed by atoms with E-state index in [-0.39, 0.29) is 23.7 Å². The van der Waals surface area contributed by atoms with Gasteiger partial charge in [0.25, 0.3) is 0 Å². The average molecular weight is 740 g/mol. The number of esters is 4. The molecule has 0 unspecified atom stereocenters. The first-order valence-electron chi connectivity index (χ1n) is 13.8. The van der Waals surface area contributed by atoms with Gasteiger partial charge in [-0.2, -0.15) is 0 Å². The maximum atomic E-state index is 13.0. The molecule has 5 rings (SSSR count). The highest BCUT2D eigenvalue weighted by atomic mass is 35.5. The molecular formula is C33H22ClNO17. The Labute approximate surface area is 295 Å². The summed E-state index contributed by atoms with van der Waals surface area (Å²) in [4.78, 5) is 54.9. The van der Waals surface area contributed by atoms with Gasteiger partial charge in [-0.15, -0.1) is 12.4 Å². The summed E-state index contributed by atoms with van der Waals surface area (Å²) in [5.41, 5.74) is -2.15. The predicted octanol–water partition coefficient (Wildman–Crippen LogP) is 3.73. The Morgan fingerprint density at radius 3 is 1.08 bits per heavy atom. The van der Waals surface area contributed by atoms with Gasteiger partial charge in [0.2, 0.25) is 17.2 Å². The average Bonchev–Trinajstić information content (AvgIpc) is 3.09. The largest absolute Gasteiger partial charge is 0.504 e. The molecule has 18 nitrogen and oxygen atoms in total. The van der Waals surface area contributed by atoms with E-state index in [9.17, 15) is 65.1 Å². The number of carbonyl (C=O) groups is 4. The third-order valence-electron chi connectivity index (χ3n) is 6.63. The molecule has 4 aromatic carbocycles. The van der Waals surface area contributed by atoms with Gasteiger partial charge in [-0.1, -0.05) is 0 Å². The summed E-state index contributed by atoms with van der Waals surface area (Å²) in [6.07, 6.45) is 2.64. The highest BCUT2D eigenvalue weighted by Gasteiger charge is 2.25. The number of pyridine rings is 1. The van der Waals surface area contributed by atoms with Crippen LogP contribution in [0.2, 0.25) is 0 Å². The number of hydrogen-bond acceptors (Lipinski definition) is 18. The van der Waals surface area contributed by atoms with E-state index < -0.39 is 110 Å². The number of benzene rings is 4. The number of aromatic nitrogens is 1. The fourth-order valence-electron chi connectivity index (χ4n) is 4.14. The summed E-state index contributed by atoms with van der Waals surface area (Å²) in [6.45, 7) is 0. The van der Waals surface area contributed by atoms with Crippen LogP contribution < -0.4 is 18.9 Å². The maximum Gasteiger partial charge on any atom is 0.343 e. The minimum absolute atomic E-state index is 0. The van der Waals surface area contributed by atoms with Crippen molar-refractivity contribution in [2.45, 2.75) is 0 Å². The highest BCUT2D eigenvalue weighted by molar-refractivity contribution is 5.97. The van der Waals surface area contributed by atoms with Crippen LogP contribution in [0.4, 0.5) is 0 Å². The van der Waals surface area contributed by atoms with Gasteiger partial charge in [0.05, 0.1) is 28.5 Å². The summed E-state index contributed by atoms with van der Waals surface area (Å²) in [6, 6.07) is 8.71. The summed E-state index contributed by atoms with van der Waals surface area (Å²) in [5.74, 6) is -16.3. The second kappa shape index (κ2) is 14.9. The molecule has 0 aliphatic rings. The quantitative estimate of drug-likeness (QED) is 0.0622. The van der Waals surface area contributed by atoms with Crippen LogP contribution in [0.1, 0.15) is 41.4 Å². The number of nitrogens with zero attached hydrogens (tertiary/aromatic N) is 1. The molecule has 0 saturated heterocycles. The highest BCUT2D eigenvalue weighted by Crippen LogP contribution is 2.42. The fourth-order valence-corrected chi connectivity index (χ4v) is 4.14. The first-order chi connectivity index (χ1) is 24.1. The van der Waals surface area contributed by atoms with E-state index in [0.717, 1.165) is 12.1 Å². The van der Waals surface area contributed by atoms with Crippen molar-refractivity contribution < 1.29 is 84.1 Å². The Kier molecular flexibility index (Phi) is 10.7. The molecule has 52 heavy (non-hydrogen) atoms. The van der Waals surface area contributed by atoms with Crippen LogP contribution >= 0.6 is 12.4 Å². The lowest BCUT2D eigenvalue weighted by Gasteiger charge is -2.13. The van der Waals surface area contributed by atoms with Crippen LogP contribution in [0, 0.1) is 0 Å². The smallest absolute Gasteiger partial charge is 0.343 e. The molecule has 0 saturated carbocycles. The zero-order chi connectivity index (χ0) is 37.1. The van der Waals surface area contributed by atoms with Crippen molar-refractivity contribution >= 4 is 36.3 Å². The number of rotatable bonds is 8. The van der Waals surface area contributed by atoms with E-state index in [1.54, 1.807) is 0 Å². The zero-order valence-electron chi connectivity index (χ0n) is 25.6. The van der Waals surface area contributed by atoms with Gasteiger partial charge >= 0.3 is 23.9 Å². The van der Waals surface area contributed by atoms with Gasteiger partial charge in [-0.25, -0.2) is 19.2 Å². The van der Waals surface area contributed by atoms with Crippen molar-refractivity contribution in [1.29, 1.82) is 0 Å². The van der Waals surface area contributed by atoms with Crippen molar-refractivity contribution in [2.75, 3.05) is 0 Å². The third-order valence-corrected chi connectivity index (χ3v) is 6.63. The molecule has 268 valence electrons. The predicted molar refractivity (Wildman–Crippen MR) is 172 cm³/mol. The Balaban J connectivity index is 0.00000605. The lowest BCUT2D eigenvalue weighted by molar-refractivity contribution is 0.0701. The number of aromatic hydroxyl groups is 9. The van der Waals surface area contributed by atoms with Gasteiger partial charge in [0.15, 0.2) is 51.7 Å². The zero-order valence-corrected chi connectivity index (χ0v) is 26.4. The number of phenols is 9. The molecular weight excluding hydrogens is 718 g/mol. The molecule has 0 aliphatic carbocycles. The Bertz CT molecular complexity index is 2220. The minimum Gasteiger partial charge on any atom is -0.504 e. The van der Waals surface area contributed by atoms with Crippen molar-refractivity contribution in [3.63, 3.8) is 0 Å². The van der Waals surface area contributed by atoms with Crippen molar-refractivity contribution in [3.8, 4) is 74.7 Å². The van der Waals surface area contributed by atoms with Crippen LogP contribution in [-0.4, -0.2) is 74.8 Å².